The molecule has 7 nitrogen and oxygen atoms in total. The van der Waals surface area contributed by atoms with Crippen LogP contribution in [0.1, 0.15) is 29.6 Å². The number of anilines is 1. The Morgan fingerprint density at radius 3 is 2.86 bits per heavy atom. The maximum absolute atomic E-state index is 11.2. The van der Waals surface area contributed by atoms with E-state index in [-0.39, 0.29) is 11.3 Å². The number of nitro benzene ring substituents is 1. The molecule has 1 aromatic carbocycles. The van der Waals surface area contributed by atoms with E-state index in [1.807, 2.05) is 11.9 Å². The highest BCUT2D eigenvalue weighted by Gasteiger charge is 2.22. The molecule has 1 unspecified atom stereocenters. The van der Waals surface area contributed by atoms with Gasteiger partial charge in [0.05, 0.1) is 4.92 Å². The van der Waals surface area contributed by atoms with Gasteiger partial charge in [0.2, 0.25) is 5.91 Å². The second-order valence-corrected chi connectivity index (χ2v) is 5.35. The Morgan fingerprint density at radius 1 is 1.52 bits per heavy atom. The van der Waals surface area contributed by atoms with Gasteiger partial charge in [-0.15, -0.1) is 0 Å². The van der Waals surface area contributed by atoms with Crippen molar-refractivity contribution in [3.05, 3.63) is 33.9 Å². The first-order chi connectivity index (χ1) is 9.99. The Hall–Kier alpha value is -2.15. The highest BCUT2D eigenvalue weighted by Crippen LogP contribution is 2.29. The number of rotatable bonds is 5. The fourth-order valence-corrected chi connectivity index (χ4v) is 2.65. The SMILES string of the molecule is CN(CC1CCCCN1)c1ccc(C(N)=O)cc1[N+](=O)[O-]. The van der Waals surface area contributed by atoms with E-state index in [1.165, 1.54) is 25.0 Å². The van der Waals surface area contributed by atoms with Gasteiger partial charge in [-0.05, 0) is 31.5 Å². The molecule has 3 N–H and O–H groups in total. The van der Waals surface area contributed by atoms with Crippen LogP contribution in [0.25, 0.3) is 0 Å². The molecule has 0 aromatic heterocycles. The zero-order chi connectivity index (χ0) is 15.4. The predicted molar refractivity (Wildman–Crippen MR) is 80.5 cm³/mol. The van der Waals surface area contributed by atoms with Crippen molar-refractivity contribution in [3.8, 4) is 0 Å². The van der Waals surface area contributed by atoms with Gasteiger partial charge in [0.1, 0.15) is 5.69 Å². The maximum atomic E-state index is 11.2. The zero-order valence-corrected chi connectivity index (χ0v) is 12.0. The highest BCUT2D eigenvalue weighted by molar-refractivity contribution is 5.94. The fourth-order valence-electron chi connectivity index (χ4n) is 2.65. The summed E-state index contributed by atoms with van der Waals surface area (Å²) in [6.07, 6.45) is 3.42. The number of likely N-dealkylation sites (N-methyl/N-ethyl adjacent to an activating group) is 1. The molecule has 0 saturated carbocycles. The Bertz CT molecular complexity index is 541. The molecule has 1 aromatic rings. The summed E-state index contributed by atoms with van der Waals surface area (Å²) in [6.45, 7) is 1.68. The second-order valence-electron chi connectivity index (χ2n) is 5.35. The second kappa shape index (κ2) is 6.53. The van der Waals surface area contributed by atoms with Crippen molar-refractivity contribution < 1.29 is 9.72 Å². The number of hydrogen-bond donors (Lipinski definition) is 2. The lowest BCUT2D eigenvalue weighted by molar-refractivity contribution is -0.384. The third-order valence-corrected chi connectivity index (χ3v) is 3.77. The average molecular weight is 292 g/mol. The van der Waals surface area contributed by atoms with Crippen LogP contribution in [-0.4, -0.2) is 37.0 Å². The summed E-state index contributed by atoms with van der Waals surface area (Å²) in [6, 6.07) is 4.68. The lowest BCUT2D eigenvalue weighted by atomic mass is 10.0. The van der Waals surface area contributed by atoms with Gasteiger partial charge in [0, 0.05) is 31.3 Å². The summed E-state index contributed by atoms with van der Waals surface area (Å²) in [4.78, 5) is 23.7. The Labute approximate surface area is 123 Å². The molecule has 7 heteroatoms. The Morgan fingerprint density at radius 2 is 2.29 bits per heavy atom. The van der Waals surface area contributed by atoms with Crippen LogP contribution in [0.3, 0.4) is 0 Å². The highest BCUT2D eigenvalue weighted by atomic mass is 16.6. The van der Waals surface area contributed by atoms with Crippen LogP contribution in [0.4, 0.5) is 11.4 Å². The number of nitro groups is 1. The molecule has 0 aliphatic carbocycles. The summed E-state index contributed by atoms with van der Waals surface area (Å²) in [7, 11) is 1.82. The van der Waals surface area contributed by atoms with Crippen LogP contribution >= 0.6 is 0 Å². The summed E-state index contributed by atoms with van der Waals surface area (Å²) < 4.78 is 0. The molecule has 1 heterocycles. The van der Waals surface area contributed by atoms with Crippen molar-refractivity contribution in [3.63, 3.8) is 0 Å². The molecule has 1 aliphatic rings. The van der Waals surface area contributed by atoms with Crippen LogP contribution in [0.5, 0.6) is 0 Å². The Balaban J connectivity index is 2.20. The number of carbonyl (C=O) groups excluding carboxylic acids is 1. The van der Waals surface area contributed by atoms with Gasteiger partial charge in [-0.2, -0.15) is 0 Å². The first kappa shape index (κ1) is 15.2. The topological polar surface area (TPSA) is 102 Å². The minimum atomic E-state index is -0.666. The lowest BCUT2D eigenvalue weighted by Crippen LogP contribution is -2.42. The van der Waals surface area contributed by atoms with E-state index >= 15 is 0 Å². The molecule has 0 spiro atoms. The zero-order valence-electron chi connectivity index (χ0n) is 12.0. The number of primary amides is 1. The molecule has 1 amide bonds. The van der Waals surface area contributed by atoms with Gasteiger partial charge in [-0.25, -0.2) is 0 Å². The van der Waals surface area contributed by atoms with Gasteiger partial charge in [-0.1, -0.05) is 6.42 Å². The van der Waals surface area contributed by atoms with Crippen molar-refractivity contribution in [2.45, 2.75) is 25.3 Å². The molecule has 1 saturated heterocycles. The number of carbonyl (C=O) groups is 1. The molecule has 21 heavy (non-hydrogen) atoms. The first-order valence-corrected chi connectivity index (χ1v) is 7.02. The quantitative estimate of drug-likeness (QED) is 0.628. The van der Waals surface area contributed by atoms with E-state index in [9.17, 15) is 14.9 Å². The van der Waals surface area contributed by atoms with Crippen LogP contribution < -0.4 is 16.0 Å². The smallest absolute Gasteiger partial charge is 0.293 e. The molecule has 114 valence electrons. The van der Waals surface area contributed by atoms with E-state index in [1.54, 1.807) is 6.07 Å². The van der Waals surface area contributed by atoms with E-state index in [2.05, 4.69) is 5.32 Å². The largest absolute Gasteiger partial charge is 0.367 e. The van der Waals surface area contributed by atoms with Crippen molar-refractivity contribution in [2.75, 3.05) is 25.0 Å². The third kappa shape index (κ3) is 3.69. The number of benzene rings is 1. The number of amides is 1. The predicted octanol–water partition coefficient (Wildman–Crippen LogP) is 1.27. The molecule has 0 radical (unpaired) electrons. The number of nitrogens with zero attached hydrogens (tertiary/aromatic N) is 2. The fraction of sp³-hybridized carbons (Fsp3) is 0.500. The van der Waals surface area contributed by atoms with E-state index in [4.69, 9.17) is 5.73 Å². The number of piperidine rings is 1. The van der Waals surface area contributed by atoms with E-state index in [0.29, 0.717) is 18.3 Å². The standard InChI is InChI=1S/C14H20N4O3/c1-17(9-11-4-2-3-7-16-11)12-6-5-10(14(15)19)8-13(12)18(20)21/h5-6,8,11,16H,2-4,7,9H2,1H3,(H2,15,19). The van der Waals surface area contributed by atoms with Crippen molar-refractivity contribution in [1.82, 2.24) is 5.32 Å². The average Bonchev–Trinajstić information content (AvgIpc) is 2.47. The van der Waals surface area contributed by atoms with Gasteiger partial charge >= 0.3 is 0 Å². The molecular weight excluding hydrogens is 272 g/mol. The minimum absolute atomic E-state index is 0.0930. The molecule has 1 atom stereocenters. The summed E-state index contributed by atoms with van der Waals surface area (Å²) in [5.74, 6) is -0.666. The Kier molecular flexibility index (Phi) is 4.74. The maximum Gasteiger partial charge on any atom is 0.293 e. The summed E-state index contributed by atoms with van der Waals surface area (Å²) in [5, 5.41) is 14.6. The number of nitrogens with two attached hydrogens (primary N) is 1. The van der Waals surface area contributed by atoms with Crippen LogP contribution in [0, 0.1) is 10.1 Å². The monoisotopic (exact) mass is 292 g/mol. The number of nitrogens with one attached hydrogen (secondary N) is 1. The summed E-state index contributed by atoms with van der Waals surface area (Å²) in [5.41, 5.74) is 5.73. The van der Waals surface area contributed by atoms with E-state index in [0.717, 1.165) is 13.0 Å². The van der Waals surface area contributed by atoms with Crippen LogP contribution in [0.15, 0.2) is 18.2 Å². The normalized spacial score (nSPS) is 18.2. The molecular formula is C14H20N4O3. The van der Waals surface area contributed by atoms with Gasteiger partial charge in [-0.3, -0.25) is 14.9 Å². The lowest BCUT2D eigenvalue weighted by Gasteiger charge is -2.29. The number of hydrogen-bond acceptors (Lipinski definition) is 5. The van der Waals surface area contributed by atoms with Gasteiger partial charge < -0.3 is 16.0 Å². The van der Waals surface area contributed by atoms with Crippen LogP contribution in [0.2, 0.25) is 0 Å². The molecule has 2 rings (SSSR count). The van der Waals surface area contributed by atoms with Crippen molar-refractivity contribution in [2.24, 2.45) is 5.73 Å². The summed E-state index contributed by atoms with van der Waals surface area (Å²) >= 11 is 0. The first-order valence-electron chi connectivity index (χ1n) is 7.02. The third-order valence-electron chi connectivity index (χ3n) is 3.77. The van der Waals surface area contributed by atoms with Gasteiger partial charge in [0.25, 0.3) is 5.69 Å². The van der Waals surface area contributed by atoms with Crippen molar-refractivity contribution in [1.29, 1.82) is 0 Å². The molecule has 1 aliphatic heterocycles. The minimum Gasteiger partial charge on any atom is -0.367 e. The van der Waals surface area contributed by atoms with Gasteiger partial charge in [0.15, 0.2) is 0 Å². The van der Waals surface area contributed by atoms with Crippen molar-refractivity contribution >= 4 is 17.3 Å². The molecule has 1 fully saturated rings. The molecule has 0 bridgehead atoms. The van der Waals surface area contributed by atoms with Crippen LogP contribution in [-0.2, 0) is 0 Å². The van der Waals surface area contributed by atoms with E-state index < -0.39 is 10.8 Å².